The van der Waals surface area contributed by atoms with Crippen LogP contribution in [0.25, 0.3) is 0 Å². The Balaban J connectivity index is 1.53. The Hall–Kier alpha value is -2.63. The van der Waals surface area contributed by atoms with E-state index in [0.29, 0.717) is 13.1 Å². The van der Waals surface area contributed by atoms with E-state index in [9.17, 15) is 14.7 Å². The van der Waals surface area contributed by atoms with Gasteiger partial charge in [-0.1, -0.05) is 30.3 Å². The van der Waals surface area contributed by atoms with Gasteiger partial charge in [0.15, 0.2) is 0 Å². The zero-order chi connectivity index (χ0) is 17.4. The second-order valence-corrected chi connectivity index (χ2v) is 7.16. The summed E-state index contributed by atoms with van der Waals surface area (Å²) in [6, 6.07) is 11.5. The molecule has 0 unspecified atom stereocenters. The van der Waals surface area contributed by atoms with Gasteiger partial charge >= 0.3 is 5.97 Å². The molecule has 1 aliphatic heterocycles. The highest BCUT2D eigenvalue weighted by Crippen LogP contribution is 2.50. The Bertz CT molecular complexity index is 768. The maximum atomic E-state index is 13.1. The molecule has 0 radical (unpaired) electrons. The molecule has 2 fully saturated rings. The zero-order valence-corrected chi connectivity index (χ0v) is 13.9. The van der Waals surface area contributed by atoms with Gasteiger partial charge in [0.25, 0.3) is 0 Å². The number of amides is 1. The number of rotatable bonds is 5. The number of likely N-dealkylation sites (tertiary alicyclic amines) is 1. The molecule has 1 amide bonds. The highest BCUT2D eigenvalue weighted by atomic mass is 16.4. The Morgan fingerprint density at radius 3 is 2.52 bits per heavy atom. The molecule has 25 heavy (non-hydrogen) atoms. The topological polar surface area (TPSA) is 75.4 Å². The van der Waals surface area contributed by atoms with Crippen LogP contribution in [0.15, 0.2) is 48.8 Å². The largest absolute Gasteiger partial charge is 0.481 e. The van der Waals surface area contributed by atoms with E-state index < -0.39 is 17.3 Å². The molecular weight excluding hydrogens is 318 g/mol. The third-order valence-electron chi connectivity index (χ3n) is 5.48. The standard InChI is InChI=1S/C19H21N3O3/c23-17(24)16-12-21(11-15(16)14-5-2-1-3-6-14)18(25)19(7-8-19)13-22-10-4-9-20-22/h1-6,9-10,15-16H,7-8,11-13H2,(H,23,24)/t15-,16+/m0/s1. The van der Waals surface area contributed by atoms with Crippen LogP contribution in [-0.4, -0.2) is 44.8 Å². The van der Waals surface area contributed by atoms with E-state index in [1.54, 1.807) is 15.8 Å². The minimum atomic E-state index is -0.832. The summed E-state index contributed by atoms with van der Waals surface area (Å²) >= 11 is 0. The number of hydrogen-bond acceptors (Lipinski definition) is 3. The molecule has 2 aliphatic rings. The number of carbonyl (C=O) groups excluding carboxylic acids is 1. The van der Waals surface area contributed by atoms with Gasteiger partial charge in [0.1, 0.15) is 0 Å². The molecule has 1 N–H and O–H groups in total. The number of aliphatic carboxylic acids is 1. The maximum absolute atomic E-state index is 13.1. The van der Waals surface area contributed by atoms with Crippen LogP contribution in [0.1, 0.15) is 24.3 Å². The van der Waals surface area contributed by atoms with Gasteiger partial charge in [-0.15, -0.1) is 0 Å². The lowest BCUT2D eigenvalue weighted by Gasteiger charge is -2.23. The van der Waals surface area contributed by atoms with E-state index in [0.717, 1.165) is 18.4 Å². The zero-order valence-electron chi connectivity index (χ0n) is 13.9. The Kier molecular flexibility index (Phi) is 3.82. The van der Waals surface area contributed by atoms with E-state index in [-0.39, 0.29) is 18.4 Å². The van der Waals surface area contributed by atoms with Crippen LogP contribution in [0.3, 0.4) is 0 Å². The summed E-state index contributed by atoms with van der Waals surface area (Å²) in [6.45, 7) is 1.33. The molecule has 6 nitrogen and oxygen atoms in total. The second kappa shape index (κ2) is 6.02. The number of carbonyl (C=O) groups is 2. The third kappa shape index (κ3) is 2.92. The summed E-state index contributed by atoms with van der Waals surface area (Å²) in [5, 5.41) is 13.8. The number of carboxylic acids is 1. The van der Waals surface area contributed by atoms with Crippen molar-refractivity contribution in [2.24, 2.45) is 11.3 Å². The van der Waals surface area contributed by atoms with Crippen molar-refractivity contribution in [2.75, 3.05) is 13.1 Å². The fourth-order valence-electron chi connectivity index (χ4n) is 3.89. The second-order valence-electron chi connectivity index (χ2n) is 7.16. The van der Waals surface area contributed by atoms with Crippen molar-refractivity contribution in [3.8, 4) is 0 Å². The third-order valence-corrected chi connectivity index (χ3v) is 5.48. The van der Waals surface area contributed by atoms with E-state index >= 15 is 0 Å². The van der Waals surface area contributed by atoms with Gasteiger partial charge in [0, 0.05) is 31.4 Å². The van der Waals surface area contributed by atoms with Crippen LogP contribution in [0.2, 0.25) is 0 Å². The first-order valence-electron chi connectivity index (χ1n) is 8.64. The first-order chi connectivity index (χ1) is 12.1. The highest BCUT2D eigenvalue weighted by molar-refractivity contribution is 5.86. The number of carboxylic acid groups (broad SMARTS) is 1. The summed E-state index contributed by atoms with van der Waals surface area (Å²) in [6.07, 6.45) is 5.26. The molecular formula is C19H21N3O3. The molecule has 0 bridgehead atoms. The van der Waals surface area contributed by atoms with Gasteiger partial charge < -0.3 is 10.0 Å². The fourth-order valence-corrected chi connectivity index (χ4v) is 3.89. The SMILES string of the molecule is O=C(O)[C@@H]1CN(C(=O)C2(Cn3cccn3)CC2)C[C@H]1c1ccccc1. The molecule has 1 aliphatic carbocycles. The minimum absolute atomic E-state index is 0.0766. The Labute approximate surface area is 146 Å². The highest BCUT2D eigenvalue weighted by Gasteiger charge is 2.54. The van der Waals surface area contributed by atoms with Crippen LogP contribution in [0, 0.1) is 11.3 Å². The summed E-state index contributed by atoms with van der Waals surface area (Å²) in [5.74, 6) is -1.45. The van der Waals surface area contributed by atoms with Crippen LogP contribution in [0.5, 0.6) is 0 Å². The molecule has 1 aromatic carbocycles. The fraction of sp³-hybridized carbons (Fsp3) is 0.421. The lowest BCUT2D eigenvalue weighted by molar-refractivity contribution is -0.142. The van der Waals surface area contributed by atoms with Crippen LogP contribution >= 0.6 is 0 Å². The van der Waals surface area contributed by atoms with Gasteiger partial charge in [-0.25, -0.2) is 0 Å². The average Bonchev–Trinajstić information content (AvgIpc) is 3.03. The molecule has 6 heteroatoms. The van der Waals surface area contributed by atoms with Crippen molar-refractivity contribution in [1.82, 2.24) is 14.7 Å². The summed E-state index contributed by atoms with van der Waals surface area (Å²) in [4.78, 5) is 26.6. The minimum Gasteiger partial charge on any atom is -0.481 e. The van der Waals surface area contributed by atoms with Crippen LogP contribution < -0.4 is 0 Å². The quantitative estimate of drug-likeness (QED) is 0.904. The van der Waals surface area contributed by atoms with Crippen molar-refractivity contribution in [3.63, 3.8) is 0 Å². The van der Waals surface area contributed by atoms with E-state index in [2.05, 4.69) is 5.10 Å². The van der Waals surface area contributed by atoms with Gasteiger partial charge in [-0.2, -0.15) is 5.10 Å². The molecule has 1 saturated heterocycles. The van der Waals surface area contributed by atoms with E-state index in [4.69, 9.17) is 0 Å². The van der Waals surface area contributed by atoms with Crippen molar-refractivity contribution in [3.05, 3.63) is 54.4 Å². The predicted octanol–water partition coefficient (Wildman–Crippen LogP) is 1.99. The van der Waals surface area contributed by atoms with Crippen molar-refractivity contribution < 1.29 is 14.7 Å². The molecule has 0 spiro atoms. The van der Waals surface area contributed by atoms with Crippen molar-refractivity contribution in [2.45, 2.75) is 25.3 Å². The lowest BCUT2D eigenvalue weighted by Crippen LogP contribution is -2.38. The molecule has 2 aromatic rings. The molecule has 2 atom stereocenters. The Morgan fingerprint density at radius 2 is 1.92 bits per heavy atom. The average molecular weight is 339 g/mol. The van der Waals surface area contributed by atoms with Gasteiger partial charge in [0.05, 0.1) is 17.9 Å². The monoisotopic (exact) mass is 339 g/mol. The van der Waals surface area contributed by atoms with Gasteiger partial charge in [-0.3, -0.25) is 14.3 Å². The predicted molar refractivity (Wildman–Crippen MR) is 90.8 cm³/mol. The van der Waals surface area contributed by atoms with Gasteiger partial charge in [-0.05, 0) is 24.5 Å². The molecule has 130 valence electrons. The first-order valence-corrected chi connectivity index (χ1v) is 8.64. The number of nitrogens with zero attached hydrogens (tertiary/aromatic N) is 3. The lowest BCUT2D eigenvalue weighted by atomic mass is 9.89. The summed E-state index contributed by atoms with van der Waals surface area (Å²) in [5.41, 5.74) is 0.586. The smallest absolute Gasteiger partial charge is 0.308 e. The summed E-state index contributed by atoms with van der Waals surface area (Å²) in [7, 11) is 0. The molecule has 1 saturated carbocycles. The van der Waals surface area contributed by atoms with Crippen LogP contribution in [-0.2, 0) is 16.1 Å². The van der Waals surface area contributed by atoms with Crippen molar-refractivity contribution in [1.29, 1.82) is 0 Å². The first kappa shape index (κ1) is 15.9. The number of hydrogen-bond donors (Lipinski definition) is 1. The molecule has 4 rings (SSSR count). The summed E-state index contributed by atoms with van der Waals surface area (Å²) < 4.78 is 1.80. The van der Waals surface area contributed by atoms with Crippen LogP contribution in [0.4, 0.5) is 0 Å². The van der Waals surface area contributed by atoms with E-state index in [1.807, 2.05) is 42.6 Å². The van der Waals surface area contributed by atoms with Crippen molar-refractivity contribution >= 4 is 11.9 Å². The molecule has 2 heterocycles. The maximum Gasteiger partial charge on any atom is 0.308 e. The number of aromatic nitrogens is 2. The Morgan fingerprint density at radius 1 is 1.16 bits per heavy atom. The molecule has 1 aromatic heterocycles. The number of benzene rings is 1. The van der Waals surface area contributed by atoms with E-state index in [1.165, 1.54) is 0 Å². The van der Waals surface area contributed by atoms with Gasteiger partial charge in [0.2, 0.25) is 5.91 Å². The normalized spacial score (nSPS) is 24.2.